The van der Waals surface area contributed by atoms with Gasteiger partial charge >= 0.3 is 0 Å². The molecule has 1 fully saturated rings. The molecule has 2 aromatic carbocycles. The van der Waals surface area contributed by atoms with Crippen molar-refractivity contribution in [3.05, 3.63) is 59.2 Å². The van der Waals surface area contributed by atoms with Crippen molar-refractivity contribution < 1.29 is 9.53 Å². The van der Waals surface area contributed by atoms with Gasteiger partial charge in [-0.1, -0.05) is 36.4 Å². The average Bonchev–Trinajstić information content (AvgIpc) is 3.26. The van der Waals surface area contributed by atoms with Crippen molar-refractivity contribution in [3.8, 4) is 11.1 Å². The molecule has 24 heavy (non-hydrogen) atoms. The molecule has 1 amide bonds. The molecule has 1 atom stereocenters. The van der Waals surface area contributed by atoms with Crippen molar-refractivity contribution in [2.45, 2.75) is 32.3 Å². The Labute approximate surface area is 141 Å². The summed E-state index contributed by atoms with van der Waals surface area (Å²) >= 11 is 0. The van der Waals surface area contributed by atoms with Crippen LogP contribution in [0.1, 0.15) is 36.5 Å². The molecular formula is C20H20N2O2. The fourth-order valence-electron chi connectivity index (χ4n) is 3.43. The molecule has 1 saturated heterocycles. The van der Waals surface area contributed by atoms with E-state index in [1.807, 2.05) is 6.92 Å². The minimum absolute atomic E-state index is 0.152. The molecule has 1 heterocycles. The Bertz CT molecular complexity index is 820. The highest BCUT2D eigenvalue weighted by Crippen LogP contribution is 2.36. The van der Waals surface area contributed by atoms with E-state index in [0.717, 1.165) is 30.5 Å². The van der Waals surface area contributed by atoms with E-state index in [-0.39, 0.29) is 12.0 Å². The van der Waals surface area contributed by atoms with E-state index in [1.54, 1.807) is 0 Å². The van der Waals surface area contributed by atoms with E-state index in [2.05, 4.69) is 53.0 Å². The number of fused-ring (bicyclic) bond motifs is 3. The van der Waals surface area contributed by atoms with Gasteiger partial charge in [-0.3, -0.25) is 4.79 Å². The Morgan fingerprint density at radius 1 is 1.17 bits per heavy atom. The van der Waals surface area contributed by atoms with Crippen LogP contribution in [0.15, 0.2) is 47.6 Å². The van der Waals surface area contributed by atoms with Gasteiger partial charge in [0, 0.05) is 6.61 Å². The number of hydrazone groups is 1. The van der Waals surface area contributed by atoms with E-state index >= 15 is 0 Å². The van der Waals surface area contributed by atoms with Crippen molar-refractivity contribution in [1.29, 1.82) is 0 Å². The maximum Gasteiger partial charge on any atom is 0.269 e. The number of nitrogens with one attached hydrogen (secondary N) is 1. The molecule has 0 spiro atoms. The van der Waals surface area contributed by atoms with Gasteiger partial charge < -0.3 is 4.74 Å². The third kappa shape index (κ3) is 2.74. The number of carbonyl (C=O) groups is 1. The Balaban J connectivity index is 1.52. The molecule has 0 aromatic heterocycles. The molecule has 2 aliphatic rings. The van der Waals surface area contributed by atoms with Crippen molar-refractivity contribution in [1.82, 2.24) is 5.43 Å². The Hall–Kier alpha value is -2.46. The summed E-state index contributed by atoms with van der Waals surface area (Å²) in [4.78, 5) is 12.0. The monoisotopic (exact) mass is 320 g/mol. The lowest BCUT2D eigenvalue weighted by Crippen LogP contribution is -2.31. The van der Waals surface area contributed by atoms with Crippen LogP contribution in [0.4, 0.5) is 0 Å². The summed E-state index contributed by atoms with van der Waals surface area (Å²) in [6.45, 7) is 2.58. The first-order valence-electron chi connectivity index (χ1n) is 8.40. The molecule has 0 saturated carbocycles. The zero-order valence-corrected chi connectivity index (χ0v) is 13.7. The van der Waals surface area contributed by atoms with Gasteiger partial charge in [0.2, 0.25) is 0 Å². The molecular weight excluding hydrogens is 300 g/mol. The Morgan fingerprint density at radius 3 is 2.83 bits per heavy atom. The summed E-state index contributed by atoms with van der Waals surface area (Å²) in [6.07, 6.45) is 2.31. The van der Waals surface area contributed by atoms with E-state index < -0.39 is 0 Å². The SMILES string of the molecule is C/C(=N/NC(=O)C1CCCO1)c1ccc2c(c1)Cc1ccccc1-2. The van der Waals surface area contributed by atoms with E-state index in [4.69, 9.17) is 4.74 Å². The molecule has 122 valence electrons. The molecule has 2 aromatic rings. The predicted molar refractivity (Wildman–Crippen MR) is 94.0 cm³/mol. The first-order valence-corrected chi connectivity index (χ1v) is 8.40. The molecule has 1 unspecified atom stereocenters. The lowest BCUT2D eigenvalue weighted by molar-refractivity contribution is -0.130. The second kappa shape index (κ2) is 6.21. The zero-order valence-electron chi connectivity index (χ0n) is 13.7. The van der Waals surface area contributed by atoms with Crippen molar-refractivity contribution in [2.75, 3.05) is 6.61 Å². The van der Waals surface area contributed by atoms with Crippen LogP contribution in [0.3, 0.4) is 0 Å². The molecule has 1 aliphatic carbocycles. The van der Waals surface area contributed by atoms with E-state index in [0.29, 0.717) is 6.61 Å². The number of ether oxygens (including phenoxy) is 1. The number of carbonyl (C=O) groups excluding carboxylic acids is 1. The summed E-state index contributed by atoms with van der Waals surface area (Å²) in [7, 11) is 0. The van der Waals surface area contributed by atoms with E-state index in [9.17, 15) is 4.79 Å². The average molecular weight is 320 g/mol. The lowest BCUT2D eigenvalue weighted by Gasteiger charge is -2.08. The fraction of sp³-hybridized carbons (Fsp3) is 0.300. The van der Waals surface area contributed by atoms with Gasteiger partial charge in [0.15, 0.2) is 0 Å². The van der Waals surface area contributed by atoms with Gasteiger partial charge in [-0.25, -0.2) is 5.43 Å². The maximum atomic E-state index is 12.0. The topological polar surface area (TPSA) is 50.7 Å². The Morgan fingerprint density at radius 2 is 2.00 bits per heavy atom. The molecule has 4 rings (SSSR count). The fourth-order valence-corrected chi connectivity index (χ4v) is 3.43. The summed E-state index contributed by atoms with van der Waals surface area (Å²) in [5.74, 6) is -0.152. The van der Waals surface area contributed by atoms with Crippen LogP contribution in [0.5, 0.6) is 0 Å². The number of rotatable bonds is 3. The molecule has 1 N–H and O–H groups in total. The maximum absolute atomic E-state index is 12.0. The smallest absolute Gasteiger partial charge is 0.269 e. The molecule has 1 aliphatic heterocycles. The van der Waals surface area contributed by atoms with Crippen LogP contribution in [0.25, 0.3) is 11.1 Å². The lowest BCUT2D eigenvalue weighted by atomic mass is 10.0. The van der Waals surface area contributed by atoms with Gasteiger partial charge in [0.1, 0.15) is 6.10 Å². The first-order chi connectivity index (χ1) is 11.7. The van der Waals surface area contributed by atoms with Crippen LogP contribution in [0, 0.1) is 0 Å². The van der Waals surface area contributed by atoms with E-state index in [1.165, 1.54) is 22.3 Å². The first kappa shape index (κ1) is 15.1. The summed E-state index contributed by atoms with van der Waals surface area (Å²) in [5.41, 5.74) is 9.77. The predicted octanol–water partition coefficient (Wildman–Crippen LogP) is 3.28. The van der Waals surface area contributed by atoms with Crippen LogP contribution in [-0.2, 0) is 16.0 Å². The summed E-state index contributed by atoms with van der Waals surface area (Å²) in [5, 5.41) is 4.25. The van der Waals surface area contributed by atoms with Crippen LogP contribution in [-0.4, -0.2) is 24.3 Å². The van der Waals surface area contributed by atoms with Crippen molar-refractivity contribution >= 4 is 11.6 Å². The molecule has 0 radical (unpaired) electrons. The van der Waals surface area contributed by atoms with Crippen molar-refractivity contribution in [3.63, 3.8) is 0 Å². The number of benzene rings is 2. The van der Waals surface area contributed by atoms with Gasteiger partial charge in [0.05, 0.1) is 5.71 Å². The number of nitrogens with zero attached hydrogens (tertiary/aromatic N) is 1. The van der Waals surface area contributed by atoms with Crippen LogP contribution in [0.2, 0.25) is 0 Å². The second-order valence-electron chi connectivity index (χ2n) is 6.38. The molecule has 0 bridgehead atoms. The van der Waals surface area contributed by atoms with Crippen LogP contribution < -0.4 is 5.43 Å². The van der Waals surface area contributed by atoms with Crippen LogP contribution >= 0.6 is 0 Å². The molecule has 4 nitrogen and oxygen atoms in total. The number of amides is 1. The molecule has 4 heteroatoms. The summed E-state index contributed by atoms with van der Waals surface area (Å²) < 4.78 is 5.37. The van der Waals surface area contributed by atoms with Crippen molar-refractivity contribution in [2.24, 2.45) is 5.10 Å². The minimum atomic E-state index is -0.351. The largest absolute Gasteiger partial charge is 0.368 e. The standard InChI is InChI=1S/C20H20N2O2/c1-13(21-22-20(23)19-7-4-10-24-19)14-8-9-18-16(11-14)12-15-5-2-3-6-17(15)18/h2-3,5-6,8-9,11,19H,4,7,10,12H2,1H3,(H,22,23)/b21-13-. The third-order valence-electron chi connectivity index (χ3n) is 4.77. The number of hydrogen-bond acceptors (Lipinski definition) is 3. The van der Waals surface area contributed by atoms with Gasteiger partial charge in [-0.05, 0) is 60.1 Å². The highest BCUT2D eigenvalue weighted by atomic mass is 16.5. The number of hydrogen-bond donors (Lipinski definition) is 1. The van der Waals surface area contributed by atoms with Gasteiger partial charge in [-0.2, -0.15) is 5.10 Å². The highest BCUT2D eigenvalue weighted by molar-refractivity contribution is 6.00. The quantitative estimate of drug-likeness (QED) is 0.595. The van der Waals surface area contributed by atoms with Gasteiger partial charge in [0.25, 0.3) is 5.91 Å². The second-order valence-corrected chi connectivity index (χ2v) is 6.38. The normalized spacial score (nSPS) is 19.0. The zero-order chi connectivity index (χ0) is 16.5. The third-order valence-corrected chi connectivity index (χ3v) is 4.77. The Kier molecular flexibility index (Phi) is 3.90. The summed E-state index contributed by atoms with van der Waals surface area (Å²) in [6, 6.07) is 14.9. The highest BCUT2D eigenvalue weighted by Gasteiger charge is 2.23. The minimum Gasteiger partial charge on any atom is -0.368 e. The van der Waals surface area contributed by atoms with Gasteiger partial charge in [-0.15, -0.1) is 0 Å².